The molecule has 0 aliphatic rings. The highest BCUT2D eigenvalue weighted by Gasteiger charge is 1.97. The first-order valence-corrected chi connectivity index (χ1v) is 17.4. The Morgan fingerprint density at radius 1 is 0.298 bits per heavy atom. The zero-order chi connectivity index (χ0) is 33.4. The van der Waals surface area contributed by atoms with E-state index in [1.54, 1.807) is 0 Å². The van der Waals surface area contributed by atoms with Crippen LogP contribution in [0.5, 0.6) is 0 Å². The van der Waals surface area contributed by atoms with E-state index in [9.17, 15) is 0 Å². The normalized spacial score (nSPS) is 11.5. The van der Waals surface area contributed by atoms with Gasteiger partial charge in [-0.1, -0.05) is 56.5 Å². The number of hydrogen-bond donors (Lipinski definition) is 0. The van der Waals surface area contributed by atoms with Crippen molar-refractivity contribution < 1.29 is 56.8 Å². The Hall–Kier alpha value is -1.26. The third-order valence-corrected chi connectivity index (χ3v) is 6.35. The summed E-state index contributed by atoms with van der Waals surface area (Å²) in [5.41, 5.74) is 1.16. The van der Waals surface area contributed by atoms with Gasteiger partial charge in [-0.05, 0) is 12.0 Å². The van der Waals surface area contributed by atoms with Crippen LogP contribution < -0.4 is 0 Å². The first-order chi connectivity index (χ1) is 23.4. The third kappa shape index (κ3) is 35.9. The molecule has 12 nitrogen and oxygen atoms in total. The molecule has 0 amide bonds. The molecule has 0 unspecified atom stereocenters. The first kappa shape index (κ1) is 43.8. The molecule has 0 heterocycles. The Morgan fingerprint density at radius 2 is 0.574 bits per heavy atom. The van der Waals surface area contributed by atoms with Crippen molar-refractivity contribution >= 4 is 0 Å². The largest absolute Gasteiger partial charge is 0.379 e. The summed E-state index contributed by atoms with van der Waals surface area (Å²) in [6.07, 6.45) is 4.90. The molecule has 0 spiro atoms. The van der Waals surface area contributed by atoms with Gasteiger partial charge in [-0.2, -0.15) is 0 Å². The lowest BCUT2D eigenvalue weighted by Gasteiger charge is -2.09. The van der Waals surface area contributed by atoms with Crippen molar-refractivity contribution in [2.75, 3.05) is 152 Å². The van der Waals surface area contributed by atoms with Crippen molar-refractivity contribution in [1.29, 1.82) is 0 Å². The van der Waals surface area contributed by atoms with Gasteiger partial charge in [-0.3, -0.25) is 0 Å². The molecule has 0 fully saturated rings. The van der Waals surface area contributed by atoms with Gasteiger partial charge in [0.15, 0.2) is 0 Å². The molecule has 276 valence electrons. The van der Waals surface area contributed by atoms with Crippen LogP contribution >= 0.6 is 0 Å². The van der Waals surface area contributed by atoms with Gasteiger partial charge in [0.1, 0.15) is 0 Å². The molecule has 0 radical (unpaired) electrons. The predicted molar refractivity (Wildman–Crippen MR) is 179 cm³/mol. The van der Waals surface area contributed by atoms with Crippen molar-refractivity contribution in [1.82, 2.24) is 0 Å². The predicted octanol–water partition coefficient (Wildman–Crippen LogP) is 3.97. The quantitative estimate of drug-likeness (QED) is 0.0939. The maximum absolute atomic E-state index is 5.57. The fourth-order valence-electron chi connectivity index (χ4n) is 3.81. The molecule has 47 heavy (non-hydrogen) atoms. The minimum absolute atomic E-state index is 0.516. The molecule has 12 heteroatoms. The summed E-state index contributed by atoms with van der Waals surface area (Å²) < 4.78 is 66.0. The molecule has 0 bridgehead atoms. The number of ether oxygens (including phenoxy) is 12. The van der Waals surface area contributed by atoms with Crippen LogP contribution in [0.3, 0.4) is 0 Å². The molecular formula is C35H64O12. The van der Waals surface area contributed by atoms with Crippen LogP contribution in [0.25, 0.3) is 0 Å². The Kier molecular flexibility index (Phi) is 36.5. The van der Waals surface area contributed by atoms with E-state index in [0.29, 0.717) is 152 Å². The van der Waals surface area contributed by atoms with Gasteiger partial charge >= 0.3 is 0 Å². The second-order valence-corrected chi connectivity index (χ2v) is 10.3. The van der Waals surface area contributed by atoms with Gasteiger partial charge in [0, 0.05) is 6.61 Å². The summed E-state index contributed by atoms with van der Waals surface area (Å²) in [5, 5.41) is 0. The molecule has 1 aromatic carbocycles. The molecule has 0 saturated heterocycles. The summed E-state index contributed by atoms with van der Waals surface area (Å²) in [4.78, 5) is 0. The van der Waals surface area contributed by atoms with E-state index in [1.807, 2.05) is 30.3 Å². The van der Waals surface area contributed by atoms with Crippen molar-refractivity contribution in [3.8, 4) is 0 Å². The van der Waals surface area contributed by atoms with Crippen LogP contribution in [0.2, 0.25) is 0 Å². The highest BCUT2D eigenvalue weighted by atomic mass is 16.6. The van der Waals surface area contributed by atoms with Crippen molar-refractivity contribution in [2.24, 2.45) is 0 Å². The fraction of sp³-hybridized carbons (Fsp3) is 0.829. The first-order valence-electron chi connectivity index (χ1n) is 17.4. The Balaban J connectivity index is 1.60. The highest BCUT2D eigenvalue weighted by Crippen LogP contribution is 2.00. The van der Waals surface area contributed by atoms with E-state index in [4.69, 9.17) is 56.8 Å². The average Bonchev–Trinajstić information content (AvgIpc) is 3.09. The Morgan fingerprint density at radius 3 is 0.872 bits per heavy atom. The van der Waals surface area contributed by atoms with Gasteiger partial charge in [0.25, 0.3) is 0 Å². The fourth-order valence-corrected chi connectivity index (χ4v) is 3.81. The van der Waals surface area contributed by atoms with Gasteiger partial charge in [0.2, 0.25) is 0 Å². The van der Waals surface area contributed by atoms with Gasteiger partial charge < -0.3 is 56.8 Å². The number of benzene rings is 1. The average molecular weight is 677 g/mol. The maximum Gasteiger partial charge on any atom is 0.0718 e. The summed E-state index contributed by atoms with van der Waals surface area (Å²) in [5.74, 6) is 0. The Labute approximate surface area is 283 Å². The third-order valence-electron chi connectivity index (χ3n) is 6.35. The van der Waals surface area contributed by atoms with Crippen LogP contribution in [-0.2, 0) is 63.4 Å². The molecule has 0 aliphatic heterocycles. The van der Waals surface area contributed by atoms with Crippen LogP contribution in [-0.4, -0.2) is 152 Å². The number of rotatable bonds is 40. The summed E-state index contributed by atoms with van der Waals surface area (Å²) in [7, 11) is 0. The lowest BCUT2D eigenvalue weighted by molar-refractivity contribution is -0.0285. The molecule has 1 rings (SSSR count). The van der Waals surface area contributed by atoms with Crippen molar-refractivity contribution in [3.05, 3.63) is 35.9 Å². The minimum atomic E-state index is 0.516. The lowest BCUT2D eigenvalue weighted by atomic mass is 10.2. The van der Waals surface area contributed by atoms with E-state index in [-0.39, 0.29) is 0 Å². The molecule has 0 N–H and O–H groups in total. The van der Waals surface area contributed by atoms with Gasteiger partial charge in [0.05, 0.1) is 152 Å². The van der Waals surface area contributed by atoms with Crippen molar-refractivity contribution in [3.63, 3.8) is 0 Å². The number of hydrogen-bond acceptors (Lipinski definition) is 12. The van der Waals surface area contributed by atoms with E-state index < -0.39 is 0 Å². The smallest absolute Gasteiger partial charge is 0.0718 e. The topological polar surface area (TPSA) is 111 Å². The van der Waals surface area contributed by atoms with Crippen LogP contribution in [0.4, 0.5) is 0 Å². The summed E-state index contributed by atoms with van der Waals surface area (Å²) in [6.45, 7) is 15.5. The minimum Gasteiger partial charge on any atom is -0.379 e. The van der Waals surface area contributed by atoms with E-state index in [0.717, 1.165) is 18.6 Å². The zero-order valence-electron chi connectivity index (χ0n) is 29.1. The van der Waals surface area contributed by atoms with E-state index in [2.05, 4.69) is 6.92 Å². The molecule has 0 aromatic heterocycles. The molecule has 0 atom stereocenters. The monoisotopic (exact) mass is 676 g/mol. The second kappa shape index (κ2) is 39.2. The zero-order valence-corrected chi connectivity index (χ0v) is 29.1. The molecule has 0 saturated carbocycles. The summed E-state index contributed by atoms with van der Waals surface area (Å²) in [6, 6.07) is 10.1. The summed E-state index contributed by atoms with van der Waals surface area (Å²) >= 11 is 0. The van der Waals surface area contributed by atoms with E-state index >= 15 is 0 Å². The van der Waals surface area contributed by atoms with Crippen molar-refractivity contribution in [2.45, 2.75) is 39.2 Å². The van der Waals surface area contributed by atoms with Gasteiger partial charge in [-0.25, -0.2) is 0 Å². The van der Waals surface area contributed by atoms with E-state index in [1.165, 1.54) is 19.3 Å². The molecule has 1 aromatic rings. The Bertz CT molecular complexity index is 700. The van der Waals surface area contributed by atoms with Crippen LogP contribution in [0, 0.1) is 0 Å². The lowest BCUT2D eigenvalue weighted by Crippen LogP contribution is -2.15. The number of unbranched alkanes of at least 4 members (excludes halogenated alkanes) is 3. The second-order valence-electron chi connectivity index (χ2n) is 10.3. The highest BCUT2D eigenvalue weighted by molar-refractivity contribution is 5.13. The van der Waals surface area contributed by atoms with Crippen LogP contribution in [0.15, 0.2) is 30.3 Å². The SMILES string of the molecule is CCCCCCOCCOCCOCCOCCOCCOCCOCCOCCOCCOCCOCCOCc1ccccc1. The van der Waals surface area contributed by atoms with Crippen LogP contribution in [0.1, 0.15) is 38.2 Å². The molecular weight excluding hydrogens is 612 g/mol. The standard InChI is InChI=1S/C35H64O12/c1-2-3-4-8-11-36-12-13-37-14-15-38-16-17-39-18-19-40-20-21-41-22-23-42-24-25-43-26-27-44-28-29-45-30-31-46-32-33-47-34-35-9-6-5-7-10-35/h5-7,9-10H,2-4,8,11-34H2,1H3. The molecule has 0 aliphatic carbocycles. The van der Waals surface area contributed by atoms with Gasteiger partial charge in [-0.15, -0.1) is 0 Å². The maximum atomic E-state index is 5.57.